The van der Waals surface area contributed by atoms with E-state index in [-0.39, 0.29) is 5.88 Å². The van der Waals surface area contributed by atoms with Crippen LogP contribution in [0.5, 0.6) is 5.88 Å². The summed E-state index contributed by atoms with van der Waals surface area (Å²) in [6.45, 7) is 3.67. The highest BCUT2D eigenvalue weighted by Gasteiger charge is 2.22. The van der Waals surface area contributed by atoms with Crippen molar-refractivity contribution in [2.24, 2.45) is 4.99 Å². The van der Waals surface area contributed by atoms with Gasteiger partial charge in [0.15, 0.2) is 5.13 Å². The fourth-order valence-corrected chi connectivity index (χ4v) is 4.60. The number of hydrogen-bond acceptors (Lipinski definition) is 6. The zero-order valence-corrected chi connectivity index (χ0v) is 16.1. The van der Waals surface area contributed by atoms with Gasteiger partial charge >= 0.3 is 0 Å². The minimum atomic E-state index is 0.0933. The maximum atomic E-state index is 10.4. The highest BCUT2D eigenvalue weighted by Crippen LogP contribution is 2.37. The Morgan fingerprint density at radius 1 is 0.893 bits per heavy atom. The van der Waals surface area contributed by atoms with E-state index in [0.717, 1.165) is 53.0 Å². The topological polar surface area (TPSA) is 52.0 Å². The van der Waals surface area contributed by atoms with Crippen molar-refractivity contribution in [1.29, 1.82) is 0 Å². The molecule has 5 rings (SSSR count). The molecule has 2 aliphatic rings. The predicted molar refractivity (Wildman–Crippen MR) is 117 cm³/mol. The van der Waals surface area contributed by atoms with E-state index in [9.17, 15) is 5.11 Å². The van der Waals surface area contributed by atoms with Crippen molar-refractivity contribution in [3.8, 4) is 5.88 Å². The van der Waals surface area contributed by atoms with Crippen LogP contribution in [0.1, 0.15) is 10.4 Å². The van der Waals surface area contributed by atoms with E-state index < -0.39 is 0 Å². The van der Waals surface area contributed by atoms with Gasteiger partial charge < -0.3 is 14.9 Å². The van der Waals surface area contributed by atoms with Crippen LogP contribution in [0.15, 0.2) is 59.6 Å². The maximum absolute atomic E-state index is 10.4. The number of hydrogen-bond donors (Lipinski definition) is 1. The summed E-state index contributed by atoms with van der Waals surface area (Å²) < 4.78 is 0. The molecule has 0 spiro atoms. The van der Waals surface area contributed by atoms with Crippen LogP contribution in [0.25, 0.3) is 11.6 Å². The zero-order valence-electron chi connectivity index (χ0n) is 15.3. The molecule has 0 radical (unpaired) electrons. The Morgan fingerprint density at radius 2 is 1.61 bits per heavy atom. The quantitative estimate of drug-likeness (QED) is 0.721. The van der Waals surface area contributed by atoms with E-state index in [2.05, 4.69) is 50.1 Å². The Kier molecular flexibility index (Phi) is 4.33. The molecule has 6 heteroatoms. The van der Waals surface area contributed by atoms with Gasteiger partial charge in [-0.3, -0.25) is 4.99 Å². The summed E-state index contributed by atoms with van der Waals surface area (Å²) in [7, 11) is 0. The Bertz CT molecular complexity index is 1050. The van der Waals surface area contributed by atoms with Crippen molar-refractivity contribution >= 4 is 45.7 Å². The van der Waals surface area contributed by atoms with E-state index >= 15 is 0 Å². The number of anilines is 2. The van der Waals surface area contributed by atoms with Crippen molar-refractivity contribution in [3.05, 3.63) is 65.0 Å². The second-order valence-electron chi connectivity index (χ2n) is 6.87. The summed E-state index contributed by atoms with van der Waals surface area (Å²) in [6, 6.07) is 18.5. The second kappa shape index (κ2) is 7.13. The van der Waals surface area contributed by atoms with Crippen molar-refractivity contribution in [3.63, 3.8) is 0 Å². The van der Waals surface area contributed by atoms with Crippen LogP contribution in [-0.4, -0.2) is 42.5 Å². The van der Waals surface area contributed by atoms with E-state index in [0.29, 0.717) is 0 Å². The van der Waals surface area contributed by atoms with Crippen LogP contribution in [-0.2, 0) is 0 Å². The van der Waals surface area contributed by atoms with Gasteiger partial charge in [0, 0.05) is 49.2 Å². The van der Waals surface area contributed by atoms with Crippen molar-refractivity contribution in [1.82, 2.24) is 4.98 Å². The molecular weight excluding hydrogens is 368 g/mol. The minimum absolute atomic E-state index is 0.0933. The number of aromatic nitrogens is 1. The first-order chi connectivity index (χ1) is 13.8. The van der Waals surface area contributed by atoms with Gasteiger partial charge in [-0.05, 0) is 24.3 Å². The third kappa shape index (κ3) is 3.16. The van der Waals surface area contributed by atoms with E-state index in [4.69, 9.17) is 0 Å². The van der Waals surface area contributed by atoms with Gasteiger partial charge in [0.1, 0.15) is 0 Å². The lowest BCUT2D eigenvalue weighted by Crippen LogP contribution is -2.46. The number of rotatable bonds is 3. The molecular formula is C22H20N4OS. The molecule has 3 heterocycles. The Morgan fingerprint density at radius 3 is 2.43 bits per heavy atom. The molecule has 1 N–H and O–H groups in total. The third-order valence-corrected chi connectivity index (χ3v) is 6.19. The first-order valence-electron chi connectivity index (χ1n) is 9.38. The number of nitrogens with zero attached hydrogens (tertiary/aromatic N) is 4. The normalized spacial score (nSPS) is 17.4. The lowest BCUT2D eigenvalue weighted by Gasteiger charge is -2.35. The Hall–Kier alpha value is -3.12. The van der Waals surface area contributed by atoms with Crippen LogP contribution < -0.4 is 9.80 Å². The van der Waals surface area contributed by atoms with Gasteiger partial charge in [0.05, 0.1) is 10.6 Å². The standard InChI is InChI=1S/C22H20N4OS/c27-21-20(14-16-15-23-19-9-5-4-8-18(16)19)28-22(24-21)26-12-10-25(11-13-26)17-6-2-1-3-7-17/h1-9,14-15,27H,10-13H2/b16-14-. The number of thiazole rings is 1. The Balaban J connectivity index is 1.33. The van der Waals surface area contributed by atoms with E-state index in [1.54, 1.807) is 0 Å². The Labute approximate surface area is 167 Å². The van der Waals surface area contributed by atoms with Crippen molar-refractivity contribution in [2.45, 2.75) is 0 Å². The summed E-state index contributed by atoms with van der Waals surface area (Å²) in [5.74, 6) is 0.0933. The molecule has 0 aliphatic carbocycles. The molecule has 0 atom stereocenters. The smallest absolute Gasteiger partial charge is 0.231 e. The van der Waals surface area contributed by atoms with Gasteiger partial charge in [-0.25, -0.2) is 0 Å². The van der Waals surface area contributed by atoms with E-state index in [1.165, 1.54) is 17.0 Å². The van der Waals surface area contributed by atoms with Crippen LogP contribution >= 0.6 is 11.3 Å². The van der Waals surface area contributed by atoms with Crippen molar-refractivity contribution < 1.29 is 5.11 Å². The molecule has 0 amide bonds. The first-order valence-corrected chi connectivity index (χ1v) is 10.2. The van der Waals surface area contributed by atoms with Gasteiger partial charge in [0.25, 0.3) is 0 Å². The zero-order chi connectivity index (χ0) is 18.9. The highest BCUT2D eigenvalue weighted by molar-refractivity contribution is 7.16. The molecule has 3 aromatic rings. The summed E-state index contributed by atoms with van der Waals surface area (Å²) in [5.41, 5.74) is 4.33. The summed E-state index contributed by atoms with van der Waals surface area (Å²) in [4.78, 5) is 14.3. The maximum Gasteiger partial charge on any atom is 0.231 e. The molecule has 1 aromatic heterocycles. The SMILES string of the molecule is Oc1nc(N2CCN(c3ccccc3)CC2)sc1/C=C1/C=Nc2ccccc21. The van der Waals surface area contributed by atoms with Crippen molar-refractivity contribution in [2.75, 3.05) is 36.0 Å². The number of allylic oxidation sites excluding steroid dienone is 1. The number of para-hydroxylation sites is 2. The average molecular weight is 388 g/mol. The molecule has 0 bridgehead atoms. The fraction of sp³-hybridized carbons (Fsp3) is 0.182. The number of piperazine rings is 1. The number of benzene rings is 2. The second-order valence-corrected chi connectivity index (χ2v) is 7.88. The van der Waals surface area contributed by atoms with Crippen LogP contribution in [0.3, 0.4) is 0 Å². The van der Waals surface area contributed by atoms with Crippen LogP contribution in [0.2, 0.25) is 0 Å². The monoisotopic (exact) mass is 388 g/mol. The number of fused-ring (bicyclic) bond motifs is 1. The predicted octanol–water partition coefficient (Wildman–Crippen LogP) is 4.43. The molecule has 2 aliphatic heterocycles. The molecule has 0 unspecified atom stereocenters. The third-order valence-electron chi connectivity index (χ3n) is 5.14. The van der Waals surface area contributed by atoms with Gasteiger partial charge in [-0.1, -0.05) is 47.7 Å². The molecule has 140 valence electrons. The highest BCUT2D eigenvalue weighted by atomic mass is 32.1. The largest absolute Gasteiger partial charge is 0.492 e. The number of aromatic hydroxyl groups is 1. The van der Waals surface area contributed by atoms with E-state index in [1.807, 2.05) is 36.6 Å². The average Bonchev–Trinajstić information content (AvgIpc) is 3.33. The molecule has 1 fully saturated rings. The first kappa shape index (κ1) is 17.0. The van der Waals surface area contributed by atoms with Crippen LogP contribution in [0.4, 0.5) is 16.5 Å². The molecule has 1 saturated heterocycles. The lowest BCUT2D eigenvalue weighted by atomic mass is 10.1. The molecule has 2 aromatic carbocycles. The molecule has 28 heavy (non-hydrogen) atoms. The molecule has 5 nitrogen and oxygen atoms in total. The summed E-state index contributed by atoms with van der Waals surface area (Å²) >= 11 is 1.53. The minimum Gasteiger partial charge on any atom is -0.492 e. The fourth-order valence-electron chi connectivity index (χ4n) is 3.63. The van der Waals surface area contributed by atoms with Crippen LogP contribution in [0, 0.1) is 0 Å². The molecule has 0 saturated carbocycles. The number of aliphatic imine (C=N–C) groups is 1. The van der Waals surface area contributed by atoms with Gasteiger partial charge in [-0.15, -0.1) is 0 Å². The lowest BCUT2D eigenvalue weighted by molar-refractivity contribution is 0.455. The van der Waals surface area contributed by atoms with Gasteiger partial charge in [0.2, 0.25) is 5.88 Å². The van der Waals surface area contributed by atoms with Gasteiger partial charge in [-0.2, -0.15) is 4.98 Å². The summed E-state index contributed by atoms with van der Waals surface area (Å²) in [5, 5.41) is 11.2. The summed E-state index contributed by atoms with van der Waals surface area (Å²) in [6.07, 6.45) is 3.83.